The summed E-state index contributed by atoms with van der Waals surface area (Å²) in [7, 11) is 0. The summed E-state index contributed by atoms with van der Waals surface area (Å²) in [5.74, 6) is 0.412. The normalized spacial score (nSPS) is 18.8. The summed E-state index contributed by atoms with van der Waals surface area (Å²) in [6.07, 6.45) is 4.46. The highest BCUT2D eigenvalue weighted by molar-refractivity contribution is 5.93. The van der Waals surface area contributed by atoms with Crippen molar-refractivity contribution in [2.75, 3.05) is 24.5 Å². The van der Waals surface area contributed by atoms with Crippen molar-refractivity contribution < 1.29 is 14.3 Å². The lowest BCUT2D eigenvalue weighted by Gasteiger charge is -2.29. The van der Waals surface area contributed by atoms with E-state index in [9.17, 15) is 14.3 Å². The first-order valence-corrected chi connectivity index (χ1v) is 12.4. The second kappa shape index (κ2) is 9.31. The minimum absolute atomic E-state index is 0.0553. The van der Waals surface area contributed by atoms with Gasteiger partial charge in [0.25, 0.3) is 5.91 Å². The zero-order chi connectivity index (χ0) is 24.6. The highest BCUT2D eigenvalue weighted by atomic mass is 19.1. The molecule has 8 nitrogen and oxygen atoms in total. The summed E-state index contributed by atoms with van der Waals surface area (Å²) in [6.45, 7) is 1.87. The van der Waals surface area contributed by atoms with Crippen LogP contribution in [0.2, 0.25) is 0 Å². The highest BCUT2D eigenvalue weighted by Gasteiger charge is 2.28. The second-order valence-corrected chi connectivity index (χ2v) is 9.44. The lowest BCUT2D eigenvalue weighted by molar-refractivity contribution is 0.0541. The Morgan fingerprint density at radius 2 is 1.83 bits per heavy atom. The number of rotatable bonds is 4. The van der Waals surface area contributed by atoms with Crippen molar-refractivity contribution in [1.82, 2.24) is 24.5 Å². The largest absolute Gasteiger partial charge is 0.393 e. The van der Waals surface area contributed by atoms with Crippen LogP contribution >= 0.6 is 0 Å². The van der Waals surface area contributed by atoms with E-state index in [1.165, 1.54) is 6.07 Å². The van der Waals surface area contributed by atoms with Crippen molar-refractivity contribution in [3.63, 3.8) is 0 Å². The monoisotopic (exact) mass is 486 g/mol. The number of nitrogens with zero attached hydrogens (tertiary/aromatic N) is 6. The number of hydrogen-bond donors (Lipinski definition) is 1. The van der Waals surface area contributed by atoms with Gasteiger partial charge in [-0.1, -0.05) is 18.2 Å². The standard InChI is InChI=1S/C27H27FN6O2/c28-19-5-1-4-18(16-19)23-8-3-13-33(23)26-10-9-25-29-17-24(34(25)31-26)21-6-2-7-22(30-21)27(36)32-14-11-20(35)12-15-32/h1-2,4-7,9-10,16-17,20,23,35H,3,8,11-15H2. The molecule has 184 valence electrons. The van der Waals surface area contributed by atoms with Gasteiger partial charge in [-0.2, -0.15) is 0 Å². The van der Waals surface area contributed by atoms with Crippen molar-refractivity contribution in [3.8, 4) is 11.4 Å². The Morgan fingerprint density at radius 1 is 1.00 bits per heavy atom. The molecule has 36 heavy (non-hydrogen) atoms. The first-order chi connectivity index (χ1) is 17.6. The van der Waals surface area contributed by atoms with Crippen LogP contribution in [0.4, 0.5) is 10.2 Å². The van der Waals surface area contributed by atoms with Gasteiger partial charge in [0.15, 0.2) is 5.65 Å². The summed E-state index contributed by atoms with van der Waals surface area (Å²) in [4.78, 5) is 26.1. The number of imidazole rings is 1. The van der Waals surface area contributed by atoms with Crippen LogP contribution in [0.3, 0.4) is 0 Å². The number of carbonyl (C=O) groups excluding carboxylic acids is 1. The van der Waals surface area contributed by atoms with Crippen LogP contribution in [0.1, 0.15) is 47.8 Å². The molecule has 5 heterocycles. The number of piperidine rings is 1. The predicted octanol–water partition coefficient (Wildman–Crippen LogP) is 3.87. The van der Waals surface area contributed by atoms with E-state index >= 15 is 0 Å². The van der Waals surface area contributed by atoms with E-state index in [4.69, 9.17) is 5.10 Å². The predicted molar refractivity (Wildman–Crippen MR) is 133 cm³/mol. The van der Waals surface area contributed by atoms with Gasteiger partial charge in [-0.05, 0) is 67.6 Å². The Labute approximate surface area is 208 Å². The second-order valence-electron chi connectivity index (χ2n) is 9.44. The molecule has 1 atom stereocenters. The molecule has 2 aliphatic rings. The van der Waals surface area contributed by atoms with Gasteiger partial charge in [-0.3, -0.25) is 4.79 Å². The molecular formula is C27H27FN6O2. The number of aliphatic hydroxyl groups excluding tert-OH is 1. The Hall–Kier alpha value is -3.85. The first-order valence-electron chi connectivity index (χ1n) is 12.4. The van der Waals surface area contributed by atoms with Crippen LogP contribution in [0, 0.1) is 5.82 Å². The molecule has 2 fully saturated rings. The minimum atomic E-state index is -0.345. The number of hydrogen-bond acceptors (Lipinski definition) is 6. The number of carbonyl (C=O) groups is 1. The molecule has 1 unspecified atom stereocenters. The number of likely N-dealkylation sites (tertiary alicyclic amines) is 1. The zero-order valence-electron chi connectivity index (χ0n) is 19.8. The molecular weight excluding hydrogens is 459 g/mol. The number of pyridine rings is 1. The maximum Gasteiger partial charge on any atom is 0.272 e. The Morgan fingerprint density at radius 3 is 2.67 bits per heavy atom. The van der Waals surface area contributed by atoms with Gasteiger partial charge in [0.1, 0.15) is 23.0 Å². The van der Waals surface area contributed by atoms with E-state index in [0.29, 0.717) is 48.7 Å². The molecule has 9 heteroatoms. The topological polar surface area (TPSA) is 86.9 Å². The van der Waals surface area contributed by atoms with Crippen LogP contribution < -0.4 is 4.90 Å². The van der Waals surface area contributed by atoms with E-state index in [0.717, 1.165) is 30.8 Å². The van der Waals surface area contributed by atoms with Gasteiger partial charge in [-0.15, -0.1) is 5.10 Å². The molecule has 3 aromatic heterocycles. The van der Waals surface area contributed by atoms with E-state index in [2.05, 4.69) is 14.9 Å². The van der Waals surface area contributed by atoms with Gasteiger partial charge in [0.05, 0.1) is 24.0 Å². The average Bonchev–Trinajstić information content (AvgIpc) is 3.56. The highest BCUT2D eigenvalue weighted by Crippen LogP contribution is 2.35. The molecule has 4 aromatic rings. The van der Waals surface area contributed by atoms with Gasteiger partial charge in [0, 0.05) is 19.6 Å². The van der Waals surface area contributed by atoms with Gasteiger partial charge in [0.2, 0.25) is 0 Å². The summed E-state index contributed by atoms with van der Waals surface area (Å²) < 4.78 is 15.6. The van der Waals surface area contributed by atoms with Gasteiger partial charge >= 0.3 is 0 Å². The van der Waals surface area contributed by atoms with E-state index in [-0.39, 0.29) is 23.9 Å². The molecule has 1 N–H and O–H groups in total. The minimum Gasteiger partial charge on any atom is -0.393 e. The van der Waals surface area contributed by atoms with E-state index in [1.54, 1.807) is 33.8 Å². The smallest absolute Gasteiger partial charge is 0.272 e. The SMILES string of the molecule is O=C(c1cccc(-c2cnc3ccc(N4CCCC4c4cccc(F)c4)nn23)n1)N1CCC(O)CC1. The summed E-state index contributed by atoms with van der Waals surface area (Å²) in [6, 6.07) is 16.1. The number of aromatic nitrogens is 4. The molecule has 0 spiro atoms. The third kappa shape index (κ3) is 4.19. The summed E-state index contributed by atoms with van der Waals surface area (Å²) >= 11 is 0. The first kappa shape index (κ1) is 22.6. The van der Waals surface area contributed by atoms with E-state index < -0.39 is 0 Å². The maximum atomic E-state index is 13.9. The molecule has 2 aliphatic heterocycles. The van der Waals surface area contributed by atoms with Gasteiger partial charge < -0.3 is 14.9 Å². The summed E-state index contributed by atoms with van der Waals surface area (Å²) in [5, 5.41) is 14.6. The Balaban J connectivity index is 1.31. The van der Waals surface area contributed by atoms with Crippen LogP contribution in [0.25, 0.3) is 17.0 Å². The third-order valence-electron chi connectivity index (χ3n) is 7.11. The number of benzene rings is 1. The van der Waals surface area contributed by atoms with Crippen molar-refractivity contribution in [2.24, 2.45) is 0 Å². The fourth-order valence-corrected chi connectivity index (χ4v) is 5.22. The molecule has 1 amide bonds. The van der Waals surface area contributed by atoms with Crippen molar-refractivity contribution in [3.05, 3.63) is 77.9 Å². The van der Waals surface area contributed by atoms with Crippen molar-refractivity contribution in [2.45, 2.75) is 37.8 Å². The van der Waals surface area contributed by atoms with Crippen molar-refractivity contribution in [1.29, 1.82) is 0 Å². The third-order valence-corrected chi connectivity index (χ3v) is 7.11. The Bertz CT molecular complexity index is 1410. The van der Waals surface area contributed by atoms with Crippen LogP contribution in [-0.4, -0.2) is 61.2 Å². The fourth-order valence-electron chi connectivity index (χ4n) is 5.22. The number of halogens is 1. The molecule has 1 aromatic carbocycles. The van der Waals surface area contributed by atoms with Gasteiger partial charge in [-0.25, -0.2) is 18.9 Å². The van der Waals surface area contributed by atoms with Crippen LogP contribution in [0.15, 0.2) is 60.8 Å². The maximum absolute atomic E-state index is 13.9. The lowest BCUT2D eigenvalue weighted by atomic mass is 10.0. The molecule has 0 aliphatic carbocycles. The number of amides is 1. The number of aliphatic hydroxyl groups is 1. The average molecular weight is 487 g/mol. The van der Waals surface area contributed by atoms with Crippen LogP contribution in [-0.2, 0) is 0 Å². The van der Waals surface area contributed by atoms with Crippen LogP contribution in [0.5, 0.6) is 0 Å². The zero-order valence-corrected chi connectivity index (χ0v) is 19.8. The Kier molecular flexibility index (Phi) is 5.85. The molecule has 0 saturated carbocycles. The quantitative estimate of drug-likeness (QED) is 0.471. The molecule has 0 bridgehead atoms. The lowest BCUT2D eigenvalue weighted by Crippen LogP contribution is -2.40. The van der Waals surface area contributed by atoms with E-state index in [1.807, 2.05) is 30.3 Å². The number of fused-ring (bicyclic) bond motifs is 1. The molecule has 6 rings (SSSR count). The molecule has 0 radical (unpaired) electrons. The summed E-state index contributed by atoms with van der Waals surface area (Å²) in [5.41, 5.74) is 3.29. The van der Waals surface area contributed by atoms with Crippen molar-refractivity contribution >= 4 is 17.4 Å². The molecule has 2 saturated heterocycles. The number of anilines is 1. The fraction of sp³-hybridized carbons (Fsp3) is 0.333.